The van der Waals surface area contributed by atoms with Gasteiger partial charge in [0.05, 0.1) is 0 Å². The summed E-state index contributed by atoms with van der Waals surface area (Å²) in [4.78, 5) is 2.65. The largest absolute Gasteiger partial charge is 0.508 e. The highest BCUT2D eigenvalue weighted by Crippen LogP contribution is 2.36. The van der Waals surface area contributed by atoms with E-state index < -0.39 is 0 Å². The van der Waals surface area contributed by atoms with E-state index in [-0.39, 0.29) is 24.8 Å². The van der Waals surface area contributed by atoms with Gasteiger partial charge in [-0.1, -0.05) is 18.2 Å². The lowest BCUT2D eigenvalue weighted by molar-refractivity contribution is 0.0213. The Labute approximate surface area is 167 Å². The number of nitrogens with zero attached hydrogens (tertiary/aromatic N) is 1. The number of fused-ring (bicyclic) bond motifs is 1. The Bertz CT molecular complexity index is 683. The van der Waals surface area contributed by atoms with Crippen molar-refractivity contribution in [2.24, 2.45) is 5.92 Å². The molecule has 2 N–H and O–H groups in total. The van der Waals surface area contributed by atoms with E-state index in [1.54, 1.807) is 6.07 Å². The highest BCUT2D eigenvalue weighted by molar-refractivity contribution is 5.86. The van der Waals surface area contributed by atoms with Gasteiger partial charge in [0.15, 0.2) is 0 Å². The van der Waals surface area contributed by atoms with Gasteiger partial charge in [-0.25, -0.2) is 0 Å². The first-order chi connectivity index (χ1) is 11.8. The van der Waals surface area contributed by atoms with Crippen LogP contribution in [-0.4, -0.2) is 49.4 Å². The van der Waals surface area contributed by atoms with Crippen LogP contribution in [0.25, 0.3) is 10.8 Å². The predicted molar refractivity (Wildman–Crippen MR) is 111 cm³/mol. The third-order valence-corrected chi connectivity index (χ3v) is 5.45. The molecule has 6 heteroatoms. The summed E-state index contributed by atoms with van der Waals surface area (Å²) in [7, 11) is 0. The zero-order valence-corrected chi connectivity index (χ0v) is 16.5. The van der Waals surface area contributed by atoms with Crippen molar-refractivity contribution in [2.75, 3.05) is 39.4 Å². The van der Waals surface area contributed by atoms with E-state index in [0.717, 1.165) is 57.6 Å². The topological polar surface area (TPSA) is 44.7 Å². The number of phenols is 1. The van der Waals surface area contributed by atoms with Crippen molar-refractivity contribution in [1.29, 1.82) is 0 Å². The molecule has 2 saturated heterocycles. The third kappa shape index (κ3) is 4.62. The van der Waals surface area contributed by atoms with Crippen molar-refractivity contribution in [1.82, 2.24) is 10.2 Å². The molecule has 2 fully saturated rings. The maximum atomic E-state index is 9.69. The SMILES string of the molecule is Cl.Cl.Oc1ccc2cc([C@H](C3CCOCC3)N3CCNCC3)ccc2c1. The van der Waals surface area contributed by atoms with Gasteiger partial charge in [-0.05, 0) is 53.3 Å². The van der Waals surface area contributed by atoms with E-state index >= 15 is 0 Å². The molecule has 0 aliphatic carbocycles. The van der Waals surface area contributed by atoms with E-state index in [1.165, 1.54) is 10.9 Å². The molecule has 2 aliphatic rings. The number of phenolic OH excluding ortho intramolecular Hbond substituents is 1. The molecule has 2 heterocycles. The van der Waals surface area contributed by atoms with Crippen molar-refractivity contribution in [3.05, 3.63) is 42.0 Å². The molecule has 4 rings (SSSR count). The molecule has 2 aromatic rings. The molecule has 0 radical (unpaired) electrons. The number of benzene rings is 2. The molecule has 144 valence electrons. The molecule has 0 saturated carbocycles. The second-order valence-electron chi connectivity index (χ2n) is 6.97. The number of piperazine rings is 1. The fraction of sp³-hybridized carbons (Fsp3) is 0.500. The summed E-state index contributed by atoms with van der Waals surface area (Å²) >= 11 is 0. The summed E-state index contributed by atoms with van der Waals surface area (Å²) in [6.07, 6.45) is 2.28. The van der Waals surface area contributed by atoms with Crippen LogP contribution in [0.15, 0.2) is 36.4 Å². The van der Waals surface area contributed by atoms with Crippen LogP contribution >= 0.6 is 24.8 Å². The van der Waals surface area contributed by atoms with Gasteiger partial charge in [0.25, 0.3) is 0 Å². The van der Waals surface area contributed by atoms with Crippen LogP contribution in [0.3, 0.4) is 0 Å². The number of halogens is 2. The van der Waals surface area contributed by atoms with E-state index in [2.05, 4.69) is 28.4 Å². The van der Waals surface area contributed by atoms with Crippen molar-refractivity contribution in [3.8, 4) is 5.75 Å². The molecular weight excluding hydrogens is 371 g/mol. The number of rotatable bonds is 3. The Morgan fingerprint density at radius 2 is 1.62 bits per heavy atom. The first kappa shape index (κ1) is 21.3. The van der Waals surface area contributed by atoms with Crippen molar-refractivity contribution in [2.45, 2.75) is 18.9 Å². The number of hydrogen-bond acceptors (Lipinski definition) is 4. The first-order valence-corrected chi connectivity index (χ1v) is 9.06. The smallest absolute Gasteiger partial charge is 0.116 e. The average Bonchev–Trinajstić information content (AvgIpc) is 2.64. The predicted octanol–water partition coefficient (Wildman–Crippen LogP) is 3.76. The minimum absolute atomic E-state index is 0. The molecule has 0 spiro atoms. The summed E-state index contributed by atoms with van der Waals surface area (Å²) in [6.45, 7) is 6.12. The molecule has 0 amide bonds. The molecule has 2 aromatic carbocycles. The summed E-state index contributed by atoms with van der Waals surface area (Å²) in [5.74, 6) is 0.991. The summed E-state index contributed by atoms with van der Waals surface area (Å²) in [5, 5.41) is 15.5. The van der Waals surface area contributed by atoms with Crippen LogP contribution in [0.2, 0.25) is 0 Å². The van der Waals surface area contributed by atoms with Crippen molar-refractivity contribution >= 4 is 35.6 Å². The maximum absolute atomic E-state index is 9.69. The fourth-order valence-electron chi connectivity index (χ4n) is 4.21. The van der Waals surface area contributed by atoms with Gasteiger partial charge in [0.2, 0.25) is 0 Å². The molecule has 26 heavy (non-hydrogen) atoms. The second kappa shape index (κ2) is 9.77. The zero-order chi connectivity index (χ0) is 16.4. The second-order valence-corrected chi connectivity index (χ2v) is 6.97. The van der Waals surface area contributed by atoms with E-state index in [1.807, 2.05) is 12.1 Å². The van der Waals surface area contributed by atoms with Crippen LogP contribution in [0.1, 0.15) is 24.4 Å². The molecule has 1 atom stereocenters. The minimum Gasteiger partial charge on any atom is -0.508 e. The third-order valence-electron chi connectivity index (χ3n) is 5.45. The molecule has 0 aromatic heterocycles. The van der Waals surface area contributed by atoms with E-state index in [9.17, 15) is 5.11 Å². The number of ether oxygens (including phenoxy) is 1. The van der Waals surface area contributed by atoms with Crippen LogP contribution in [0, 0.1) is 5.92 Å². The standard InChI is InChI=1S/C20H26N2O2.2ClH/c23-19-4-3-16-13-18(2-1-17(16)14-19)20(15-5-11-24-12-6-15)22-9-7-21-8-10-22;;/h1-4,13-15,20-21,23H,5-12H2;2*1H/t20-;;/m0../s1. The van der Waals surface area contributed by atoms with Gasteiger partial charge in [0, 0.05) is 45.4 Å². The van der Waals surface area contributed by atoms with Gasteiger partial charge in [-0.2, -0.15) is 0 Å². The Kier molecular flexibility index (Phi) is 7.99. The highest BCUT2D eigenvalue weighted by Gasteiger charge is 2.31. The van der Waals surface area contributed by atoms with E-state index in [4.69, 9.17) is 4.74 Å². The number of aromatic hydroxyl groups is 1. The fourth-order valence-corrected chi connectivity index (χ4v) is 4.21. The summed E-state index contributed by atoms with van der Waals surface area (Å²) in [6, 6.07) is 12.8. The van der Waals surface area contributed by atoms with Gasteiger partial charge in [-0.15, -0.1) is 24.8 Å². The molecule has 4 nitrogen and oxygen atoms in total. The molecule has 2 aliphatic heterocycles. The number of hydrogen-bond donors (Lipinski definition) is 2. The van der Waals surface area contributed by atoms with Gasteiger partial charge >= 0.3 is 0 Å². The van der Waals surface area contributed by atoms with Crippen molar-refractivity contribution in [3.63, 3.8) is 0 Å². The lowest BCUT2D eigenvalue weighted by Gasteiger charge is -2.41. The Balaban J connectivity index is 0.00000121. The molecule has 0 bridgehead atoms. The lowest BCUT2D eigenvalue weighted by atomic mass is 9.85. The van der Waals surface area contributed by atoms with Gasteiger partial charge in [-0.3, -0.25) is 4.90 Å². The van der Waals surface area contributed by atoms with Gasteiger partial charge < -0.3 is 15.2 Å². The van der Waals surface area contributed by atoms with Crippen LogP contribution in [0.4, 0.5) is 0 Å². The summed E-state index contributed by atoms with van der Waals surface area (Å²) in [5.41, 5.74) is 1.40. The average molecular weight is 399 g/mol. The van der Waals surface area contributed by atoms with Crippen molar-refractivity contribution < 1.29 is 9.84 Å². The molecule has 0 unspecified atom stereocenters. The Hall–Kier alpha value is -1.04. The number of nitrogens with one attached hydrogen (secondary N) is 1. The van der Waals surface area contributed by atoms with Crippen LogP contribution in [0.5, 0.6) is 5.75 Å². The van der Waals surface area contributed by atoms with Gasteiger partial charge in [0.1, 0.15) is 5.75 Å². The highest BCUT2D eigenvalue weighted by atomic mass is 35.5. The Morgan fingerprint density at radius 3 is 2.35 bits per heavy atom. The van der Waals surface area contributed by atoms with E-state index in [0.29, 0.717) is 17.7 Å². The van der Waals surface area contributed by atoms with Crippen LogP contribution < -0.4 is 5.32 Å². The Morgan fingerprint density at radius 1 is 0.962 bits per heavy atom. The van der Waals surface area contributed by atoms with Crippen LogP contribution in [-0.2, 0) is 4.74 Å². The molecular formula is C20H28Cl2N2O2. The minimum atomic E-state index is 0. The lowest BCUT2D eigenvalue weighted by Crippen LogP contribution is -2.47. The zero-order valence-electron chi connectivity index (χ0n) is 14.9. The summed E-state index contributed by atoms with van der Waals surface area (Å²) < 4.78 is 5.60. The monoisotopic (exact) mass is 398 g/mol. The maximum Gasteiger partial charge on any atom is 0.116 e. The first-order valence-electron chi connectivity index (χ1n) is 9.06. The normalized spacial score (nSPS) is 20.2. The quantitative estimate of drug-likeness (QED) is 0.825.